The lowest BCUT2D eigenvalue weighted by molar-refractivity contribution is 0.247. The van der Waals surface area contributed by atoms with Gasteiger partial charge in [-0.05, 0) is 66.3 Å². The summed E-state index contributed by atoms with van der Waals surface area (Å²) in [6, 6.07) is 14.4. The van der Waals surface area contributed by atoms with Gasteiger partial charge in [-0.1, -0.05) is 23.7 Å². The average molecular weight is 452 g/mol. The number of nitrogens with zero attached hydrogens (tertiary/aromatic N) is 3. The highest BCUT2D eigenvalue weighted by Crippen LogP contribution is 2.41. The van der Waals surface area contributed by atoms with Crippen molar-refractivity contribution < 1.29 is 9.13 Å². The summed E-state index contributed by atoms with van der Waals surface area (Å²) in [7, 11) is 1.62. The maximum Gasteiger partial charge on any atom is 0.134 e. The fraction of sp³-hybridized carbons (Fsp3) is 0.346. The van der Waals surface area contributed by atoms with E-state index in [1.807, 2.05) is 30.3 Å². The van der Waals surface area contributed by atoms with Crippen LogP contribution in [-0.4, -0.2) is 49.7 Å². The average Bonchev–Trinajstić information content (AvgIpc) is 3.63. The molecule has 2 fully saturated rings. The number of methoxy groups -OCH3 is 1. The van der Waals surface area contributed by atoms with E-state index in [-0.39, 0.29) is 5.82 Å². The molecule has 0 N–H and O–H groups in total. The van der Waals surface area contributed by atoms with E-state index < -0.39 is 0 Å². The Labute approximate surface area is 193 Å². The first kappa shape index (κ1) is 21.2. The molecule has 6 heteroatoms. The second-order valence-electron chi connectivity index (χ2n) is 8.68. The Morgan fingerprint density at radius 3 is 2.38 bits per heavy atom. The molecule has 5 rings (SSSR count). The summed E-state index contributed by atoms with van der Waals surface area (Å²) in [6.07, 6.45) is 4.57. The summed E-state index contributed by atoms with van der Waals surface area (Å²) in [5.41, 5.74) is 3.08. The van der Waals surface area contributed by atoms with Crippen molar-refractivity contribution >= 4 is 17.4 Å². The monoisotopic (exact) mass is 451 g/mol. The van der Waals surface area contributed by atoms with Gasteiger partial charge in [0, 0.05) is 55.1 Å². The third kappa shape index (κ3) is 4.59. The van der Waals surface area contributed by atoms with Crippen LogP contribution in [0.1, 0.15) is 12.8 Å². The molecular formula is C26H27ClFN3O. The molecule has 3 aromatic rings. The van der Waals surface area contributed by atoms with E-state index in [4.69, 9.17) is 16.3 Å². The predicted octanol–water partition coefficient (Wildman–Crippen LogP) is 5.75. The molecule has 4 nitrogen and oxygen atoms in total. The number of rotatable bonds is 6. The van der Waals surface area contributed by atoms with Crippen LogP contribution in [0.4, 0.5) is 10.2 Å². The quantitative estimate of drug-likeness (QED) is 0.477. The molecule has 2 heterocycles. The highest BCUT2D eigenvalue weighted by Gasteiger charge is 2.27. The van der Waals surface area contributed by atoms with Crippen molar-refractivity contribution in [3.05, 3.63) is 65.6 Å². The molecule has 1 saturated carbocycles. The molecule has 32 heavy (non-hydrogen) atoms. The first-order chi connectivity index (χ1) is 15.6. The molecule has 166 valence electrons. The number of hydrogen-bond donors (Lipinski definition) is 0. The Kier molecular flexibility index (Phi) is 6.03. The molecule has 1 aliphatic heterocycles. The van der Waals surface area contributed by atoms with Gasteiger partial charge in [-0.25, -0.2) is 9.37 Å². The summed E-state index contributed by atoms with van der Waals surface area (Å²) >= 11 is 6.18. The van der Waals surface area contributed by atoms with Gasteiger partial charge in [0.2, 0.25) is 0 Å². The maximum absolute atomic E-state index is 14.7. The molecule has 0 unspecified atom stereocenters. The zero-order chi connectivity index (χ0) is 22.1. The van der Waals surface area contributed by atoms with Crippen LogP contribution in [0.5, 0.6) is 5.75 Å². The third-order valence-corrected chi connectivity index (χ3v) is 6.59. The lowest BCUT2D eigenvalue weighted by Crippen LogP contribution is -2.47. The fourth-order valence-electron chi connectivity index (χ4n) is 4.48. The van der Waals surface area contributed by atoms with Crippen molar-refractivity contribution in [2.24, 2.45) is 5.92 Å². The molecule has 2 aliphatic rings. The van der Waals surface area contributed by atoms with E-state index in [1.165, 1.54) is 31.5 Å². The Morgan fingerprint density at radius 2 is 1.72 bits per heavy atom. The molecule has 0 bridgehead atoms. The van der Waals surface area contributed by atoms with Crippen molar-refractivity contribution in [3.63, 3.8) is 0 Å². The number of halogens is 2. The first-order valence-electron chi connectivity index (χ1n) is 11.2. The minimum absolute atomic E-state index is 0.317. The second-order valence-corrected chi connectivity index (χ2v) is 9.11. The highest BCUT2D eigenvalue weighted by atomic mass is 35.5. The molecule has 1 saturated heterocycles. The van der Waals surface area contributed by atoms with E-state index in [9.17, 15) is 4.39 Å². The van der Waals surface area contributed by atoms with Crippen molar-refractivity contribution in [2.75, 3.05) is 44.7 Å². The largest absolute Gasteiger partial charge is 0.495 e. The molecular weight excluding hydrogens is 425 g/mol. The van der Waals surface area contributed by atoms with E-state index >= 15 is 0 Å². The van der Waals surface area contributed by atoms with Gasteiger partial charge in [0.1, 0.15) is 17.4 Å². The first-order valence-corrected chi connectivity index (χ1v) is 11.6. The van der Waals surface area contributed by atoms with Crippen LogP contribution >= 0.6 is 11.6 Å². The molecule has 1 aliphatic carbocycles. The van der Waals surface area contributed by atoms with Gasteiger partial charge < -0.3 is 9.64 Å². The minimum atomic E-state index is -0.317. The maximum atomic E-state index is 14.7. The normalized spacial score (nSPS) is 16.9. The van der Waals surface area contributed by atoms with Crippen molar-refractivity contribution in [3.8, 4) is 28.0 Å². The standard InChI is InChI=1S/C26H27ClFN3O/c1-32-26-23(19-3-2-4-21(27)13-19)15-22(28)16-24(26)20-7-8-29-25(14-20)31-11-9-30(10-12-31)17-18-5-6-18/h2-4,7-8,13-16,18H,5-6,9-12,17H2,1H3. The SMILES string of the molecule is COc1c(-c2cccc(Cl)c2)cc(F)cc1-c1ccnc(N2CCN(CC3CC3)CC2)c1. The number of pyridine rings is 1. The number of anilines is 1. The van der Waals surface area contributed by atoms with Crippen LogP contribution in [0.25, 0.3) is 22.3 Å². The highest BCUT2D eigenvalue weighted by molar-refractivity contribution is 6.30. The topological polar surface area (TPSA) is 28.6 Å². The number of piperazine rings is 1. The third-order valence-electron chi connectivity index (χ3n) is 6.36. The van der Waals surface area contributed by atoms with Gasteiger partial charge in [-0.15, -0.1) is 0 Å². The number of aromatic nitrogens is 1. The zero-order valence-electron chi connectivity index (χ0n) is 18.2. The molecule has 0 radical (unpaired) electrons. The van der Waals surface area contributed by atoms with Crippen molar-refractivity contribution in [1.29, 1.82) is 0 Å². The van der Waals surface area contributed by atoms with Crippen LogP contribution in [0.15, 0.2) is 54.7 Å². The Bertz CT molecular complexity index is 1110. The summed E-state index contributed by atoms with van der Waals surface area (Å²) in [5.74, 6) is 2.14. The Balaban J connectivity index is 1.45. The fourth-order valence-corrected chi connectivity index (χ4v) is 4.67. The molecule has 1 aromatic heterocycles. The molecule has 0 atom stereocenters. The summed E-state index contributed by atoms with van der Waals surface area (Å²) in [6.45, 7) is 5.26. The van der Waals surface area contributed by atoms with Crippen molar-refractivity contribution in [2.45, 2.75) is 12.8 Å². The van der Waals surface area contributed by atoms with E-state index in [0.29, 0.717) is 21.9 Å². The summed E-state index contributed by atoms with van der Waals surface area (Å²) < 4.78 is 20.5. The van der Waals surface area contributed by atoms with Gasteiger partial charge in [0.15, 0.2) is 0 Å². The van der Waals surface area contributed by atoms with Crippen LogP contribution in [0.3, 0.4) is 0 Å². The van der Waals surface area contributed by atoms with Gasteiger partial charge >= 0.3 is 0 Å². The predicted molar refractivity (Wildman–Crippen MR) is 128 cm³/mol. The van der Waals surface area contributed by atoms with Crippen LogP contribution in [0, 0.1) is 11.7 Å². The molecule has 0 spiro atoms. The number of hydrogen-bond acceptors (Lipinski definition) is 4. The van der Waals surface area contributed by atoms with E-state index in [2.05, 4.69) is 14.8 Å². The smallest absolute Gasteiger partial charge is 0.134 e. The second kappa shape index (κ2) is 9.08. The van der Waals surface area contributed by atoms with Gasteiger partial charge in [-0.2, -0.15) is 0 Å². The summed E-state index contributed by atoms with van der Waals surface area (Å²) in [5, 5.41) is 0.599. The Morgan fingerprint density at radius 1 is 1.00 bits per heavy atom. The molecule has 0 amide bonds. The van der Waals surface area contributed by atoms with Gasteiger partial charge in [-0.3, -0.25) is 4.90 Å². The van der Waals surface area contributed by atoms with E-state index in [1.54, 1.807) is 19.4 Å². The lowest BCUT2D eigenvalue weighted by Gasteiger charge is -2.35. The van der Waals surface area contributed by atoms with Crippen LogP contribution in [0.2, 0.25) is 5.02 Å². The van der Waals surface area contributed by atoms with Gasteiger partial charge in [0.25, 0.3) is 0 Å². The van der Waals surface area contributed by atoms with Crippen molar-refractivity contribution in [1.82, 2.24) is 9.88 Å². The zero-order valence-corrected chi connectivity index (χ0v) is 19.0. The minimum Gasteiger partial charge on any atom is -0.495 e. The Hall–Kier alpha value is -2.63. The van der Waals surface area contributed by atoms with Crippen LogP contribution in [-0.2, 0) is 0 Å². The summed E-state index contributed by atoms with van der Waals surface area (Å²) in [4.78, 5) is 9.49. The lowest BCUT2D eigenvalue weighted by atomic mass is 9.97. The molecule has 2 aromatic carbocycles. The van der Waals surface area contributed by atoms with E-state index in [0.717, 1.165) is 49.0 Å². The number of ether oxygens (including phenoxy) is 1. The van der Waals surface area contributed by atoms with Crippen LogP contribution < -0.4 is 9.64 Å². The number of benzene rings is 2. The van der Waals surface area contributed by atoms with Gasteiger partial charge in [0.05, 0.1) is 7.11 Å².